The number of carbonyl (C=O) groups is 1. The lowest BCUT2D eigenvalue weighted by molar-refractivity contribution is -0.159. The van der Waals surface area contributed by atoms with Crippen LogP contribution in [0.4, 0.5) is 0 Å². The molecule has 26 heavy (non-hydrogen) atoms. The zero-order valence-electron chi connectivity index (χ0n) is 16.1. The molecule has 1 heterocycles. The van der Waals surface area contributed by atoms with Gasteiger partial charge in [-0.15, -0.1) is 0 Å². The van der Waals surface area contributed by atoms with Crippen LogP contribution in [0.3, 0.4) is 0 Å². The monoisotopic (exact) mass is 354 g/mol. The molecule has 0 amide bonds. The van der Waals surface area contributed by atoms with Gasteiger partial charge < -0.3 is 14.2 Å². The maximum absolute atomic E-state index is 12.1. The van der Waals surface area contributed by atoms with E-state index >= 15 is 0 Å². The van der Waals surface area contributed by atoms with Gasteiger partial charge in [0.2, 0.25) is 5.60 Å². The summed E-state index contributed by atoms with van der Waals surface area (Å²) >= 11 is 0. The first-order chi connectivity index (χ1) is 12.4. The van der Waals surface area contributed by atoms with Gasteiger partial charge in [0, 0.05) is 12.0 Å². The van der Waals surface area contributed by atoms with Crippen molar-refractivity contribution in [2.24, 2.45) is 0 Å². The van der Waals surface area contributed by atoms with E-state index in [-0.39, 0.29) is 5.97 Å². The summed E-state index contributed by atoms with van der Waals surface area (Å²) in [5.74, 6) is 1.38. The molecule has 1 atom stereocenters. The van der Waals surface area contributed by atoms with Gasteiger partial charge in [-0.2, -0.15) is 0 Å². The van der Waals surface area contributed by atoms with Crippen molar-refractivity contribution < 1.29 is 19.0 Å². The third-order valence-electron chi connectivity index (χ3n) is 5.33. The molecule has 0 N–H and O–H groups in total. The number of rotatable bonds is 4. The second-order valence-corrected chi connectivity index (χ2v) is 7.11. The highest BCUT2D eigenvalue weighted by Crippen LogP contribution is 2.44. The molecule has 0 aromatic heterocycles. The van der Waals surface area contributed by atoms with Crippen molar-refractivity contribution in [3.05, 3.63) is 58.1 Å². The lowest BCUT2D eigenvalue weighted by Gasteiger charge is -2.36. The number of carbonyl (C=O) groups excluding carboxylic acids is 1. The SMILES string of the molecule is COC(=O)[C@]1(C)CCc2c(C)c(OCc3ccccc3)c(C)c(C)c2O1. The number of methoxy groups -OCH3 is 1. The van der Waals surface area contributed by atoms with E-state index in [9.17, 15) is 4.79 Å². The van der Waals surface area contributed by atoms with Crippen LogP contribution in [0.2, 0.25) is 0 Å². The zero-order valence-corrected chi connectivity index (χ0v) is 16.1. The Bertz CT molecular complexity index is 826. The van der Waals surface area contributed by atoms with Gasteiger partial charge in [-0.1, -0.05) is 30.3 Å². The summed E-state index contributed by atoms with van der Waals surface area (Å²) in [6.07, 6.45) is 1.35. The lowest BCUT2D eigenvalue weighted by Crippen LogP contribution is -2.45. The molecule has 0 saturated heterocycles. The van der Waals surface area contributed by atoms with Gasteiger partial charge in [0.05, 0.1) is 7.11 Å². The molecule has 0 saturated carbocycles. The predicted molar refractivity (Wildman–Crippen MR) is 101 cm³/mol. The Labute approximate surface area is 155 Å². The minimum Gasteiger partial charge on any atom is -0.488 e. The number of hydrogen-bond donors (Lipinski definition) is 0. The number of ether oxygens (including phenoxy) is 3. The minimum absolute atomic E-state index is 0.331. The smallest absolute Gasteiger partial charge is 0.349 e. The van der Waals surface area contributed by atoms with Crippen LogP contribution in [0.15, 0.2) is 30.3 Å². The highest BCUT2D eigenvalue weighted by Gasteiger charge is 2.41. The van der Waals surface area contributed by atoms with Gasteiger partial charge in [0.15, 0.2) is 0 Å². The second-order valence-electron chi connectivity index (χ2n) is 7.11. The Balaban J connectivity index is 1.94. The molecule has 0 spiro atoms. The molecule has 0 aliphatic carbocycles. The Kier molecular flexibility index (Phi) is 4.94. The Hall–Kier alpha value is -2.49. The highest BCUT2D eigenvalue weighted by atomic mass is 16.6. The number of benzene rings is 2. The zero-order chi connectivity index (χ0) is 18.9. The van der Waals surface area contributed by atoms with Gasteiger partial charge >= 0.3 is 5.97 Å². The van der Waals surface area contributed by atoms with Crippen molar-refractivity contribution in [3.63, 3.8) is 0 Å². The maximum atomic E-state index is 12.1. The van der Waals surface area contributed by atoms with Crippen molar-refractivity contribution in [2.75, 3.05) is 7.11 Å². The molecule has 0 radical (unpaired) electrons. The molecule has 4 heteroatoms. The van der Waals surface area contributed by atoms with Gasteiger partial charge in [-0.3, -0.25) is 0 Å². The fraction of sp³-hybridized carbons (Fsp3) is 0.409. The van der Waals surface area contributed by atoms with Gasteiger partial charge in [-0.05, 0) is 56.4 Å². The quantitative estimate of drug-likeness (QED) is 0.761. The van der Waals surface area contributed by atoms with Crippen LogP contribution in [0.1, 0.15) is 41.2 Å². The third kappa shape index (κ3) is 3.16. The molecular weight excluding hydrogens is 328 g/mol. The fourth-order valence-electron chi connectivity index (χ4n) is 3.54. The molecule has 0 unspecified atom stereocenters. The van der Waals surface area contributed by atoms with Crippen LogP contribution in [-0.4, -0.2) is 18.7 Å². The van der Waals surface area contributed by atoms with Gasteiger partial charge in [0.25, 0.3) is 0 Å². The summed E-state index contributed by atoms with van der Waals surface area (Å²) in [5.41, 5.74) is 4.48. The summed E-state index contributed by atoms with van der Waals surface area (Å²) in [5, 5.41) is 0. The van der Waals surface area contributed by atoms with Crippen molar-refractivity contribution >= 4 is 5.97 Å². The second kappa shape index (κ2) is 7.02. The highest BCUT2D eigenvalue weighted by molar-refractivity contribution is 5.80. The van der Waals surface area contributed by atoms with Crippen LogP contribution < -0.4 is 9.47 Å². The van der Waals surface area contributed by atoms with Crippen LogP contribution in [0, 0.1) is 20.8 Å². The number of esters is 1. The standard InChI is InChI=1S/C22H26O4/c1-14-15(2)20-18(11-12-22(4,26-20)21(23)24-5)16(3)19(14)25-13-17-9-7-6-8-10-17/h6-10H,11-13H2,1-5H3/t22-/m0/s1. The van der Waals surface area contributed by atoms with E-state index < -0.39 is 5.60 Å². The number of fused-ring (bicyclic) bond motifs is 1. The average molecular weight is 354 g/mol. The molecule has 138 valence electrons. The van der Waals surface area contributed by atoms with E-state index in [1.807, 2.05) is 32.0 Å². The molecule has 4 nitrogen and oxygen atoms in total. The van der Waals surface area contributed by atoms with Crippen molar-refractivity contribution in [3.8, 4) is 11.5 Å². The number of hydrogen-bond acceptors (Lipinski definition) is 4. The van der Waals surface area contributed by atoms with Crippen molar-refractivity contribution in [1.82, 2.24) is 0 Å². The summed E-state index contributed by atoms with van der Waals surface area (Å²) in [6.45, 7) is 8.45. The van der Waals surface area contributed by atoms with Gasteiger partial charge in [-0.25, -0.2) is 4.79 Å². The fourth-order valence-corrected chi connectivity index (χ4v) is 3.54. The van der Waals surface area contributed by atoms with E-state index in [1.165, 1.54) is 7.11 Å². The van der Waals surface area contributed by atoms with Crippen LogP contribution in [0.25, 0.3) is 0 Å². The van der Waals surface area contributed by atoms with Crippen molar-refractivity contribution in [1.29, 1.82) is 0 Å². The first-order valence-corrected chi connectivity index (χ1v) is 8.94. The van der Waals surface area contributed by atoms with E-state index in [2.05, 4.69) is 19.1 Å². The molecule has 0 fully saturated rings. The van der Waals surface area contributed by atoms with E-state index in [4.69, 9.17) is 14.2 Å². The van der Waals surface area contributed by atoms with Crippen LogP contribution in [0.5, 0.6) is 11.5 Å². The van der Waals surface area contributed by atoms with E-state index in [0.717, 1.165) is 45.7 Å². The van der Waals surface area contributed by atoms with E-state index in [0.29, 0.717) is 13.0 Å². The Morgan fingerprint density at radius 1 is 1.12 bits per heavy atom. The first kappa shape index (κ1) is 18.3. The maximum Gasteiger partial charge on any atom is 0.349 e. The molecule has 0 bridgehead atoms. The summed E-state index contributed by atoms with van der Waals surface area (Å²) in [7, 11) is 1.40. The van der Waals surface area contributed by atoms with E-state index in [1.54, 1.807) is 6.92 Å². The summed E-state index contributed by atoms with van der Waals surface area (Å²) in [6, 6.07) is 10.1. The molecular formula is C22H26O4. The Morgan fingerprint density at radius 2 is 1.81 bits per heavy atom. The molecule has 2 aromatic rings. The topological polar surface area (TPSA) is 44.8 Å². The van der Waals surface area contributed by atoms with Crippen LogP contribution in [-0.2, 0) is 22.6 Å². The largest absolute Gasteiger partial charge is 0.488 e. The minimum atomic E-state index is -0.933. The van der Waals surface area contributed by atoms with Crippen LogP contribution >= 0.6 is 0 Å². The Morgan fingerprint density at radius 3 is 2.46 bits per heavy atom. The summed E-state index contributed by atoms with van der Waals surface area (Å²) < 4.78 is 17.3. The average Bonchev–Trinajstić information content (AvgIpc) is 2.66. The predicted octanol–water partition coefficient (Wildman–Crippen LogP) is 4.45. The van der Waals surface area contributed by atoms with Gasteiger partial charge in [0.1, 0.15) is 18.1 Å². The third-order valence-corrected chi connectivity index (χ3v) is 5.33. The molecule has 3 rings (SSSR count). The lowest BCUT2D eigenvalue weighted by atomic mass is 9.87. The normalized spacial score (nSPS) is 18.7. The molecule has 1 aliphatic heterocycles. The van der Waals surface area contributed by atoms with Crippen molar-refractivity contribution in [2.45, 2.75) is 52.7 Å². The molecule has 2 aromatic carbocycles. The summed E-state index contributed by atoms with van der Waals surface area (Å²) in [4.78, 5) is 12.1. The first-order valence-electron chi connectivity index (χ1n) is 8.94. The molecule has 1 aliphatic rings.